The Morgan fingerprint density at radius 1 is 1.58 bits per heavy atom. The molecule has 1 aromatic rings. The molecule has 0 spiro atoms. The van der Waals surface area contributed by atoms with Gasteiger partial charge in [0.15, 0.2) is 3.95 Å². The van der Waals surface area contributed by atoms with E-state index in [0.29, 0.717) is 13.0 Å². The predicted octanol–water partition coefficient (Wildman–Crippen LogP) is 1.31. The lowest BCUT2D eigenvalue weighted by atomic mass is 10.2. The lowest BCUT2D eigenvalue weighted by Gasteiger charge is -2.19. The summed E-state index contributed by atoms with van der Waals surface area (Å²) < 4.78 is 2.86. The van der Waals surface area contributed by atoms with Gasteiger partial charge in [0, 0.05) is 35.4 Å². The molecule has 104 valence electrons. The van der Waals surface area contributed by atoms with Crippen molar-refractivity contribution in [2.24, 2.45) is 10.7 Å². The Kier molecular flexibility index (Phi) is 4.51. The van der Waals surface area contributed by atoms with Crippen LogP contribution in [0.4, 0.5) is 0 Å². The number of hydrogen-bond donors (Lipinski definition) is 3. The Morgan fingerprint density at radius 2 is 2.32 bits per heavy atom. The molecule has 0 fully saturated rings. The molecule has 2 rings (SSSR count). The van der Waals surface area contributed by atoms with Crippen LogP contribution in [-0.2, 0) is 13.0 Å². The molecule has 0 bridgehead atoms. The van der Waals surface area contributed by atoms with Crippen LogP contribution >= 0.6 is 23.6 Å². The smallest absolute Gasteiger partial charge is 0.161 e. The Balaban J connectivity index is 2.23. The van der Waals surface area contributed by atoms with Crippen LogP contribution in [0.15, 0.2) is 16.8 Å². The molecule has 0 aromatic carbocycles. The third-order valence-electron chi connectivity index (χ3n) is 3.10. The molecular formula is C12H18N4OS2. The van der Waals surface area contributed by atoms with Crippen molar-refractivity contribution in [2.45, 2.75) is 33.0 Å². The van der Waals surface area contributed by atoms with E-state index >= 15 is 0 Å². The van der Waals surface area contributed by atoms with Crippen LogP contribution in [0.1, 0.15) is 17.5 Å². The van der Waals surface area contributed by atoms with Gasteiger partial charge in [0.1, 0.15) is 6.17 Å². The number of nitrogens with zero attached hydrogens (tertiary/aromatic N) is 2. The van der Waals surface area contributed by atoms with E-state index in [4.69, 9.17) is 23.1 Å². The first-order valence-electron chi connectivity index (χ1n) is 6.08. The minimum absolute atomic E-state index is 0.142. The highest BCUT2D eigenvalue weighted by Gasteiger charge is 2.16. The molecule has 1 atom stereocenters. The van der Waals surface area contributed by atoms with Crippen LogP contribution in [0.25, 0.3) is 0 Å². The minimum Gasteiger partial charge on any atom is -0.396 e. The summed E-state index contributed by atoms with van der Waals surface area (Å²) in [7, 11) is 0. The van der Waals surface area contributed by atoms with Crippen molar-refractivity contribution in [3.05, 3.63) is 26.3 Å². The molecule has 19 heavy (non-hydrogen) atoms. The van der Waals surface area contributed by atoms with Crippen LogP contribution in [0.2, 0.25) is 0 Å². The zero-order valence-corrected chi connectivity index (χ0v) is 12.6. The maximum absolute atomic E-state index is 9.04. The fourth-order valence-electron chi connectivity index (χ4n) is 1.97. The summed E-state index contributed by atoms with van der Waals surface area (Å²) in [6.45, 7) is 4.68. The van der Waals surface area contributed by atoms with E-state index in [0.717, 1.165) is 25.9 Å². The number of aromatic nitrogens is 1. The summed E-state index contributed by atoms with van der Waals surface area (Å²) in [4.78, 5) is 5.42. The summed E-state index contributed by atoms with van der Waals surface area (Å²) in [6, 6.07) is 0. The topological polar surface area (TPSA) is 75.6 Å². The van der Waals surface area contributed by atoms with Crippen LogP contribution in [0.5, 0.6) is 0 Å². The average Bonchev–Trinajstić information content (AvgIpc) is 2.60. The quantitative estimate of drug-likeness (QED) is 0.733. The normalized spacial score (nSPS) is 18.8. The predicted molar refractivity (Wildman–Crippen MR) is 81.0 cm³/mol. The van der Waals surface area contributed by atoms with Gasteiger partial charge in [0.25, 0.3) is 0 Å². The SMILES string of the molecule is CC1=NC(N)C(Cn2c(C)c(CCO)sc2=S)=CN1. The second-order valence-electron chi connectivity index (χ2n) is 4.46. The van der Waals surface area contributed by atoms with Crippen molar-refractivity contribution in [1.82, 2.24) is 9.88 Å². The zero-order valence-electron chi connectivity index (χ0n) is 11.0. The van der Waals surface area contributed by atoms with Gasteiger partial charge in [-0.2, -0.15) is 0 Å². The maximum Gasteiger partial charge on any atom is 0.161 e. The molecule has 4 N–H and O–H groups in total. The lowest BCUT2D eigenvalue weighted by Crippen LogP contribution is -2.33. The summed E-state index contributed by atoms with van der Waals surface area (Å²) >= 11 is 6.93. The fourth-order valence-corrected chi connectivity index (χ4v) is 3.45. The Hall–Kier alpha value is -1.02. The third-order valence-corrected chi connectivity index (χ3v) is 4.71. The Labute approximate surface area is 121 Å². The van der Waals surface area contributed by atoms with E-state index in [1.165, 1.54) is 0 Å². The number of nitrogens with one attached hydrogen (secondary N) is 1. The van der Waals surface area contributed by atoms with E-state index in [-0.39, 0.29) is 12.8 Å². The van der Waals surface area contributed by atoms with Crippen LogP contribution in [-0.4, -0.2) is 28.3 Å². The van der Waals surface area contributed by atoms with Crippen molar-refractivity contribution >= 4 is 29.4 Å². The van der Waals surface area contributed by atoms with E-state index in [1.807, 2.05) is 20.0 Å². The number of aliphatic hydroxyl groups excluding tert-OH is 1. The van der Waals surface area contributed by atoms with Gasteiger partial charge in [0.05, 0.1) is 12.4 Å². The van der Waals surface area contributed by atoms with E-state index < -0.39 is 0 Å². The molecule has 1 unspecified atom stereocenters. The number of aliphatic imine (C=N–C) groups is 1. The van der Waals surface area contributed by atoms with Crippen molar-refractivity contribution < 1.29 is 5.11 Å². The molecule has 5 nitrogen and oxygen atoms in total. The molecule has 0 radical (unpaired) electrons. The Morgan fingerprint density at radius 3 is 2.95 bits per heavy atom. The average molecular weight is 298 g/mol. The van der Waals surface area contributed by atoms with E-state index in [9.17, 15) is 0 Å². The standard InChI is InChI=1S/C12H18N4OS2/c1-7-10(3-4-17)19-12(18)16(7)6-9-5-14-8(2)15-11(9)13/h5,11,17H,3-4,6,13H2,1-2H3,(H,14,15). The lowest BCUT2D eigenvalue weighted by molar-refractivity contribution is 0.300. The van der Waals surface area contributed by atoms with Crippen LogP contribution < -0.4 is 11.1 Å². The Bertz CT molecular complexity index is 585. The highest BCUT2D eigenvalue weighted by Crippen LogP contribution is 2.21. The van der Waals surface area contributed by atoms with Crippen LogP contribution in [0, 0.1) is 10.9 Å². The van der Waals surface area contributed by atoms with Gasteiger partial charge in [-0.25, -0.2) is 4.99 Å². The number of hydrogen-bond acceptors (Lipinski definition) is 6. The fraction of sp³-hybridized carbons (Fsp3) is 0.500. The molecular weight excluding hydrogens is 280 g/mol. The van der Waals surface area contributed by atoms with Crippen LogP contribution in [0.3, 0.4) is 0 Å². The number of nitrogens with two attached hydrogens (primary N) is 1. The summed E-state index contributed by atoms with van der Waals surface area (Å²) in [5.74, 6) is 0.822. The molecule has 1 aromatic heterocycles. The first kappa shape index (κ1) is 14.4. The molecule has 0 aliphatic carbocycles. The van der Waals surface area contributed by atoms with E-state index in [2.05, 4.69) is 14.9 Å². The third kappa shape index (κ3) is 3.11. The summed E-state index contributed by atoms with van der Waals surface area (Å²) in [5, 5.41) is 12.1. The number of rotatable bonds is 4. The highest BCUT2D eigenvalue weighted by atomic mass is 32.1. The molecule has 1 aliphatic heterocycles. The van der Waals surface area contributed by atoms with Gasteiger partial charge < -0.3 is 20.7 Å². The monoisotopic (exact) mass is 298 g/mol. The van der Waals surface area contributed by atoms with Crippen molar-refractivity contribution in [3.8, 4) is 0 Å². The number of thiazole rings is 1. The molecule has 0 amide bonds. The maximum atomic E-state index is 9.04. The summed E-state index contributed by atoms with van der Waals surface area (Å²) in [5.41, 5.74) is 8.10. The van der Waals surface area contributed by atoms with Gasteiger partial charge in [-0.1, -0.05) is 0 Å². The molecule has 1 aliphatic rings. The molecule has 0 saturated heterocycles. The second kappa shape index (κ2) is 5.96. The molecule has 0 saturated carbocycles. The van der Waals surface area contributed by atoms with Gasteiger partial charge in [0.2, 0.25) is 0 Å². The molecule has 2 heterocycles. The second-order valence-corrected chi connectivity index (χ2v) is 6.19. The molecule has 7 heteroatoms. The van der Waals surface area contributed by atoms with Crippen molar-refractivity contribution in [1.29, 1.82) is 0 Å². The van der Waals surface area contributed by atoms with Gasteiger partial charge in [-0.15, -0.1) is 11.3 Å². The first-order chi connectivity index (χ1) is 9.02. The highest BCUT2D eigenvalue weighted by molar-refractivity contribution is 7.73. The van der Waals surface area contributed by atoms with Crippen molar-refractivity contribution in [2.75, 3.05) is 6.61 Å². The zero-order chi connectivity index (χ0) is 14.0. The minimum atomic E-state index is -0.316. The van der Waals surface area contributed by atoms with Crippen molar-refractivity contribution in [3.63, 3.8) is 0 Å². The van der Waals surface area contributed by atoms with E-state index in [1.54, 1.807) is 11.3 Å². The largest absolute Gasteiger partial charge is 0.396 e. The first-order valence-corrected chi connectivity index (χ1v) is 7.31. The van der Waals surface area contributed by atoms with Gasteiger partial charge in [-0.05, 0) is 26.1 Å². The number of aliphatic hydroxyl groups is 1. The summed E-state index contributed by atoms with van der Waals surface area (Å²) in [6.07, 6.45) is 2.23. The van der Waals surface area contributed by atoms with Gasteiger partial charge in [-0.3, -0.25) is 0 Å². The number of amidine groups is 1. The van der Waals surface area contributed by atoms with Gasteiger partial charge >= 0.3 is 0 Å².